The second kappa shape index (κ2) is 7.83. The summed E-state index contributed by atoms with van der Waals surface area (Å²) in [6.45, 7) is 2.62. The second-order valence-electron chi connectivity index (χ2n) is 4.40. The van der Waals surface area contributed by atoms with Crippen molar-refractivity contribution in [1.29, 1.82) is 0 Å². The van der Waals surface area contributed by atoms with Crippen molar-refractivity contribution in [3.8, 4) is 5.75 Å². The number of nitro groups is 1. The molecule has 0 radical (unpaired) electrons. The first-order valence-corrected chi connectivity index (χ1v) is 6.21. The number of esters is 1. The maximum atomic E-state index is 11.4. The molecule has 0 bridgehead atoms. The molecule has 8 heteroatoms. The van der Waals surface area contributed by atoms with Crippen LogP contribution in [0.15, 0.2) is 24.3 Å². The Balaban J connectivity index is 2.43. The van der Waals surface area contributed by atoms with Gasteiger partial charge in [0.2, 0.25) is 0 Å². The first-order valence-electron chi connectivity index (χ1n) is 6.21. The Labute approximate surface area is 121 Å². The molecular weight excluding hydrogens is 280 g/mol. The largest absolute Gasteiger partial charge is 0.475 e. The van der Waals surface area contributed by atoms with Crippen molar-refractivity contribution in [3.05, 3.63) is 34.4 Å². The third-order valence-electron chi connectivity index (χ3n) is 2.22. The summed E-state index contributed by atoms with van der Waals surface area (Å²) in [5.41, 5.74) is -0.247. The van der Waals surface area contributed by atoms with Crippen molar-refractivity contribution in [1.82, 2.24) is 5.32 Å². The fourth-order valence-electron chi connectivity index (χ4n) is 1.42. The number of benzene rings is 1. The van der Waals surface area contributed by atoms with Crippen molar-refractivity contribution < 1.29 is 24.0 Å². The van der Waals surface area contributed by atoms with Crippen LogP contribution in [0.3, 0.4) is 0 Å². The number of ether oxygens (including phenoxy) is 2. The highest BCUT2D eigenvalue weighted by atomic mass is 16.6. The summed E-state index contributed by atoms with van der Waals surface area (Å²) in [5.74, 6) is -1.25. The van der Waals surface area contributed by atoms with E-state index in [2.05, 4.69) is 10.1 Å². The third-order valence-corrected chi connectivity index (χ3v) is 2.22. The van der Waals surface area contributed by atoms with Gasteiger partial charge in [-0.15, -0.1) is 0 Å². The number of nitro benzene ring substituents is 1. The summed E-state index contributed by atoms with van der Waals surface area (Å²) >= 11 is 0. The van der Waals surface area contributed by atoms with E-state index in [0.717, 1.165) is 0 Å². The molecule has 0 saturated heterocycles. The summed E-state index contributed by atoms with van der Waals surface area (Å²) in [5, 5.41) is 13.3. The van der Waals surface area contributed by atoms with Gasteiger partial charge in [0.15, 0.2) is 19.0 Å². The highest BCUT2D eigenvalue weighted by Crippen LogP contribution is 2.25. The molecule has 0 aliphatic heterocycles. The minimum Gasteiger partial charge on any atom is -0.475 e. The van der Waals surface area contributed by atoms with Crippen LogP contribution < -0.4 is 10.1 Å². The number of nitrogens with one attached hydrogen (secondary N) is 1. The molecule has 21 heavy (non-hydrogen) atoms. The number of nitrogens with zero attached hydrogens (tertiary/aromatic N) is 1. The van der Waals surface area contributed by atoms with Crippen LogP contribution in [-0.4, -0.2) is 36.1 Å². The Kier molecular flexibility index (Phi) is 6.12. The molecular formula is C13H16N2O6. The molecule has 1 amide bonds. The summed E-state index contributed by atoms with van der Waals surface area (Å²) < 4.78 is 9.71. The first kappa shape index (κ1) is 16.4. The molecule has 0 aromatic heterocycles. The van der Waals surface area contributed by atoms with Gasteiger partial charge in [0.05, 0.1) is 4.92 Å². The van der Waals surface area contributed by atoms with Crippen molar-refractivity contribution >= 4 is 17.6 Å². The van der Waals surface area contributed by atoms with Gasteiger partial charge in [-0.25, -0.2) is 4.79 Å². The molecule has 1 aromatic carbocycles. The Hall–Kier alpha value is -2.64. The van der Waals surface area contributed by atoms with E-state index in [0.29, 0.717) is 0 Å². The van der Waals surface area contributed by atoms with Gasteiger partial charge in [-0.05, 0) is 19.9 Å². The smallest absolute Gasteiger partial charge is 0.344 e. The number of hydrogen-bond acceptors (Lipinski definition) is 6. The first-order chi connectivity index (χ1) is 9.90. The standard InChI is InChI=1S/C13H16N2O6/c1-9(2)14-12(16)7-21-13(17)8-20-11-6-4-3-5-10(11)15(18)19/h3-6,9H,7-8H2,1-2H3,(H,14,16). The van der Waals surface area contributed by atoms with Crippen LogP contribution in [-0.2, 0) is 14.3 Å². The van der Waals surface area contributed by atoms with Crippen LogP contribution in [0.2, 0.25) is 0 Å². The zero-order chi connectivity index (χ0) is 15.8. The van der Waals surface area contributed by atoms with Crippen molar-refractivity contribution in [2.45, 2.75) is 19.9 Å². The van der Waals surface area contributed by atoms with Gasteiger partial charge in [-0.3, -0.25) is 14.9 Å². The van der Waals surface area contributed by atoms with E-state index < -0.39 is 30.0 Å². The summed E-state index contributed by atoms with van der Waals surface area (Å²) in [6, 6.07) is 5.61. The SMILES string of the molecule is CC(C)NC(=O)COC(=O)COc1ccccc1[N+](=O)[O-]. The number of carbonyl (C=O) groups excluding carboxylic acids is 2. The Morgan fingerprint density at radius 2 is 1.95 bits per heavy atom. The maximum absolute atomic E-state index is 11.4. The molecule has 0 aliphatic carbocycles. The lowest BCUT2D eigenvalue weighted by atomic mass is 10.3. The quantitative estimate of drug-likeness (QED) is 0.457. The van der Waals surface area contributed by atoms with E-state index in [1.807, 2.05) is 0 Å². The number of rotatable bonds is 7. The van der Waals surface area contributed by atoms with E-state index in [-0.39, 0.29) is 17.5 Å². The molecule has 0 atom stereocenters. The van der Waals surface area contributed by atoms with Crippen molar-refractivity contribution in [3.63, 3.8) is 0 Å². The Morgan fingerprint density at radius 1 is 1.29 bits per heavy atom. The van der Waals surface area contributed by atoms with E-state index in [9.17, 15) is 19.7 Å². The van der Waals surface area contributed by atoms with Gasteiger partial charge in [0.25, 0.3) is 5.91 Å². The fourth-order valence-corrected chi connectivity index (χ4v) is 1.42. The predicted octanol–water partition coefficient (Wildman–Crippen LogP) is 1.04. The third kappa shape index (κ3) is 5.89. The van der Waals surface area contributed by atoms with Crippen LogP contribution in [0.4, 0.5) is 5.69 Å². The molecule has 114 valence electrons. The highest BCUT2D eigenvalue weighted by Gasteiger charge is 2.16. The second-order valence-corrected chi connectivity index (χ2v) is 4.40. The van der Waals surface area contributed by atoms with Gasteiger partial charge in [-0.1, -0.05) is 12.1 Å². The topological polar surface area (TPSA) is 108 Å². The van der Waals surface area contributed by atoms with Gasteiger partial charge >= 0.3 is 11.7 Å². The zero-order valence-electron chi connectivity index (χ0n) is 11.7. The van der Waals surface area contributed by atoms with Crippen LogP contribution in [0.5, 0.6) is 5.75 Å². The Morgan fingerprint density at radius 3 is 2.57 bits per heavy atom. The minimum atomic E-state index is -0.785. The Bertz CT molecular complexity index is 529. The molecule has 0 fully saturated rings. The van der Waals surface area contributed by atoms with Gasteiger partial charge in [0.1, 0.15) is 0 Å². The van der Waals surface area contributed by atoms with E-state index >= 15 is 0 Å². The average molecular weight is 296 g/mol. The molecule has 0 heterocycles. The van der Waals surface area contributed by atoms with Crippen molar-refractivity contribution in [2.24, 2.45) is 0 Å². The van der Waals surface area contributed by atoms with Gasteiger partial charge < -0.3 is 14.8 Å². The average Bonchev–Trinajstić information content (AvgIpc) is 2.42. The van der Waals surface area contributed by atoms with Crippen molar-refractivity contribution in [2.75, 3.05) is 13.2 Å². The monoisotopic (exact) mass is 296 g/mol. The van der Waals surface area contributed by atoms with Crippen LogP contribution in [0, 0.1) is 10.1 Å². The number of para-hydroxylation sites is 2. The summed E-state index contributed by atoms with van der Waals surface area (Å²) in [6.07, 6.45) is 0. The molecule has 0 spiro atoms. The fraction of sp³-hybridized carbons (Fsp3) is 0.385. The zero-order valence-corrected chi connectivity index (χ0v) is 11.7. The molecule has 1 aromatic rings. The van der Waals surface area contributed by atoms with E-state index in [1.165, 1.54) is 18.2 Å². The molecule has 0 unspecified atom stereocenters. The predicted molar refractivity (Wildman–Crippen MR) is 72.8 cm³/mol. The lowest BCUT2D eigenvalue weighted by Gasteiger charge is -2.09. The minimum absolute atomic E-state index is 0.0360. The summed E-state index contributed by atoms with van der Waals surface area (Å²) in [4.78, 5) is 32.8. The van der Waals surface area contributed by atoms with E-state index in [4.69, 9.17) is 4.74 Å². The van der Waals surface area contributed by atoms with Gasteiger partial charge in [-0.2, -0.15) is 0 Å². The normalized spacial score (nSPS) is 10.0. The van der Waals surface area contributed by atoms with Crippen LogP contribution in [0.1, 0.15) is 13.8 Å². The molecule has 1 N–H and O–H groups in total. The highest BCUT2D eigenvalue weighted by molar-refractivity contribution is 5.81. The van der Waals surface area contributed by atoms with Crippen LogP contribution >= 0.6 is 0 Å². The molecule has 0 saturated carbocycles. The summed E-state index contributed by atoms with van der Waals surface area (Å²) in [7, 11) is 0. The lowest BCUT2D eigenvalue weighted by molar-refractivity contribution is -0.385. The number of carbonyl (C=O) groups is 2. The maximum Gasteiger partial charge on any atom is 0.344 e. The number of amides is 1. The number of hydrogen-bond donors (Lipinski definition) is 1. The molecule has 8 nitrogen and oxygen atoms in total. The molecule has 0 aliphatic rings. The van der Waals surface area contributed by atoms with E-state index in [1.54, 1.807) is 19.9 Å². The van der Waals surface area contributed by atoms with Gasteiger partial charge in [0, 0.05) is 12.1 Å². The lowest BCUT2D eigenvalue weighted by Crippen LogP contribution is -2.34. The van der Waals surface area contributed by atoms with Crippen LogP contribution in [0.25, 0.3) is 0 Å². The molecule has 1 rings (SSSR count).